The van der Waals surface area contributed by atoms with Crippen LogP contribution in [0.15, 0.2) is 12.1 Å². The number of carboxylic acids is 1. The first kappa shape index (κ1) is 14.6. The Labute approximate surface area is 114 Å². The van der Waals surface area contributed by atoms with Gasteiger partial charge in [-0.25, -0.2) is 4.79 Å². The van der Waals surface area contributed by atoms with Crippen molar-refractivity contribution < 1.29 is 19.4 Å². The smallest absolute Gasteiger partial charge is 0.340 e. The van der Waals surface area contributed by atoms with Crippen molar-refractivity contribution in [3.8, 4) is 0 Å². The lowest BCUT2D eigenvalue weighted by Gasteiger charge is -2.21. The molecule has 0 amide bonds. The molecule has 18 heavy (non-hydrogen) atoms. The van der Waals surface area contributed by atoms with E-state index in [1.165, 1.54) is 31.2 Å². The summed E-state index contributed by atoms with van der Waals surface area (Å²) in [5, 5.41) is 9.21. The number of hydrogen-bond acceptors (Lipinski definition) is 4. The van der Waals surface area contributed by atoms with Crippen LogP contribution in [0.3, 0.4) is 0 Å². The average molecular weight is 292 g/mol. The van der Waals surface area contributed by atoms with E-state index in [0.29, 0.717) is 0 Å². The number of aliphatic carboxylic acids is 1. The van der Waals surface area contributed by atoms with Crippen LogP contribution in [-0.4, -0.2) is 37.7 Å². The Morgan fingerprint density at radius 2 is 2.00 bits per heavy atom. The molecule has 5 nitrogen and oxygen atoms in total. The minimum atomic E-state index is -1.04. The second kappa shape index (κ2) is 5.93. The Morgan fingerprint density at radius 1 is 1.39 bits per heavy atom. The van der Waals surface area contributed by atoms with Gasteiger partial charge in [-0.2, -0.15) is 0 Å². The minimum absolute atomic E-state index is 0.124. The number of carbonyl (C=O) groups is 2. The molecule has 0 saturated carbocycles. The zero-order valence-corrected chi connectivity index (χ0v) is 11.2. The number of carbonyl (C=O) groups excluding carboxylic acids is 1. The molecule has 7 heteroatoms. The van der Waals surface area contributed by atoms with Crippen LogP contribution in [0.2, 0.25) is 10.0 Å². The fourth-order valence-electron chi connectivity index (χ4n) is 1.50. The molecule has 98 valence electrons. The van der Waals surface area contributed by atoms with Gasteiger partial charge in [-0.15, -0.1) is 0 Å². The molecule has 1 aromatic carbocycles. The summed E-state index contributed by atoms with van der Waals surface area (Å²) in [6.45, 7) is -0.300. The number of carboxylic acid groups (broad SMARTS) is 1. The van der Waals surface area contributed by atoms with E-state index in [4.69, 9.17) is 28.3 Å². The van der Waals surface area contributed by atoms with Gasteiger partial charge in [0.2, 0.25) is 0 Å². The van der Waals surface area contributed by atoms with Crippen molar-refractivity contribution in [1.82, 2.24) is 0 Å². The van der Waals surface area contributed by atoms with Crippen molar-refractivity contribution in [3.05, 3.63) is 27.7 Å². The third kappa shape index (κ3) is 3.27. The first-order chi connectivity index (χ1) is 8.36. The maximum Gasteiger partial charge on any atom is 0.340 e. The molecule has 0 bridgehead atoms. The SMILES string of the molecule is COC(=O)c1cc(Cl)cc(Cl)c1N(C)CC(=O)O. The van der Waals surface area contributed by atoms with Crippen LogP contribution in [0, 0.1) is 0 Å². The lowest BCUT2D eigenvalue weighted by Crippen LogP contribution is -2.27. The molecular weight excluding hydrogens is 281 g/mol. The van der Waals surface area contributed by atoms with E-state index in [0.717, 1.165) is 0 Å². The number of likely N-dealkylation sites (N-methyl/N-ethyl adjacent to an activating group) is 1. The monoisotopic (exact) mass is 291 g/mol. The van der Waals surface area contributed by atoms with Gasteiger partial charge in [0.1, 0.15) is 6.54 Å². The summed E-state index contributed by atoms with van der Waals surface area (Å²) in [7, 11) is 2.73. The molecule has 0 aromatic heterocycles. The molecule has 0 aliphatic carbocycles. The van der Waals surface area contributed by atoms with E-state index in [2.05, 4.69) is 4.74 Å². The second-order valence-corrected chi connectivity index (χ2v) is 4.37. The normalized spacial score (nSPS) is 10.0. The summed E-state index contributed by atoms with van der Waals surface area (Å²) in [6, 6.07) is 2.82. The fraction of sp³-hybridized carbons (Fsp3) is 0.273. The van der Waals surface area contributed by atoms with E-state index < -0.39 is 11.9 Å². The van der Waals surface area contributed by atoms with E-state index in [-0.39, 0.29) is 27.8 Å². The van der Waals surface area contributed by atoms with Crippen LogP contribution in [0.25, 0.3) is 0 Å². The molecule has 0 radical (unpaired) electrons. The number of halogens is 2. The van der Waals surface area contributed by atoms with E-state index in [9.17, 15) is 9.59 Å². The predicted molar refractivity (Wildman–Crippen MR) is 68.7 cm³/mol. The molecule has 0 saturated heterocycles. The van der Waals surface area contributed by atoms with Crippen molar-refractivity contribution in [3.63, 3.8) is 0 Å². The summed E-state index contributed by atoms with van der Waals surface area (Å²) < 4.78 is 4.61. The second-order valence-electron chi connectivity index (χ2n) is 3.53. The molecule has 0 heterocycles. The van der Waals surface area contributed by atoms with Crippen LogP contribution in [0.1, 0.15) is 10.4 Å². The zero-order valence-electron chi connectivity index (χ0n) is 9.74. The highest BCUT2D eigenvalue weighted by Gasteiger charge is 2.20. The summed E-state index contributed by atoms with van der Waals surface area (Å²) >= 11 is 11.8. The highest BCUT2D eigenvalue weighted by Crippen LogP contribution is 2.33. The van der Waals surface area contributed by atoms with Gasteiger partial charge in [0.15, 0.2) is 0 Å². The Balaban J connectivity index is 3.31. The number of benzene rings is 1. The van der Waals surface area contributed by atoms with Gasteiger partial charge < -0.3 is 14.7 Å². The first-order valence-electron chi connectivity index (χ1n) is 4.87. The minimum Gasteiger partial charge on any atom is -0.480 e. The van der Waals surface area contributed by atoms with Crippen LogP contribution in [-0.2, 0) is 9.53 Å². The molecule has 0 unspecified atom stereocenters. The molecule has 0 spiro atoms. The lowest BCUT2D eigenvalue weighted by molar-refractivity contribution is -0.135. The molecule has 1 N–H and O–H groups in total. The van der Waals surface area contributed by atoms with Gasteiger partial charge in [-0.05, 0) is 12.1 Å². The highest BCUT2D eigenvalue weighted by molar-refractivity contribution is 6.37. The number of ether oxygens (including phenoxy) is 1. The van der Waals surface area contributed by atoms with E-state index >= 15 is 0 Å². The van der Waals surface area contributed by atoms with Gasteiger partial charge in [0.25, 0.3) is 0 Å². The maximum absolute atomic E-state index is 11.6. The van der Waals surface area contributed by atoms with E-state index in [1.54, 1.807) is 0 Å². The molecule has 1 rings (SSSR count). The van der Waals surface area contributed by atoms with Crippen LogP contribution < -0.4 is 4.90 Å². The predicted octanol–water partition coefficient (Wildman–Crippen LogP) is 2.30. The fourth-order valence-corrected chi connectivity index (χ4v) is 2.14. The lowest BCUT2D eigenvalue weighted by atomic mass is 10.1. The number of hydrogen-bond donors (Lipinski definition) is 1. The quantitative estimate of drug-likeness (QED) is 0.862. The first-order valence-corrected chi connectivity index (χ1v) is 5.62. The number of esters is 1. The van der Waals surface area contributed by atoms with Crippen molar-refractivity contribution in [1.29, 1.82) is 0 Å². The number of anilines is 1. The van der Waals surface area contributed by atoms with Crippen LogP contribution in [0.5, 0.6) is 0 Å². The summed E-state index contributed by atoms with van der Waals surface area (Å²) in [6.07, 6.45) is 0. The van der Waals surface area contributed by atoms with Gasteiger partial charge in [0.05, 0.1) is 23.4 Å². The van der Waals surface area contributed by atoms with Crippen molar-refractivity contribution in [2.24, 2.45) is 0 Å². The number of nitrogens with zero attached hydrogens (tertiary/aromatic N) is 1. The number of rotatable bonds is 4. The molecule has 0 aliphatic heterocycles. The highest BCUT2D eigenvalue weighted by atomic mass is 35.5. The Bertz CT molecular complexity index is 490. The standard InChI is InChI=1S/C11H11Cl2NO4/c1-14(5-9(15)16)10-7(11(17)18-2)3-6(12)4-8(10)13/h3-4H,5H2,1-2H3,(H,15,16). The van der Waals surface area contributed by atoms with Gasteiger partial charge >= 0.3 is 11.9 Å². The third-order valence-corrected chi connectivity index (χ3v) is 2.69. The topological polar surface area (TPSA) is 66.8 Å². The maximum atomic E-state index is 11.6. The summed E-state index contributed by atoms with van der Waals surface area (Å²) in [5.74, 6) is -1.68. The largest absolute Gasteiger partial charge is 0.480 e. The number of methoxy groups -OCH3 is 1. The Kier molecular flexibility index (Phi) is 4.81. The molecule has 0 fully saturated rings. The average Bonchev–Trinajstić information content (AvgIpc) is 2.25. The third-order valence-electron chi connectivity index (χ3n) is 2.19. The van der Waals surface area contributed by atoms with Crippen molar-refractivity contribution >= 4 is 40.8 Å². The molecule has 1 aromatic rings. The van der Waals surface area contributed by atoms with Crippen molar-refractivity contribution in [2.75, 3.05) is 25.6 Å². The van der Waals surface area contributed by atoms with E-state index in [1.807, 2.05) is 0 Å². The molecule has 0 atom stereocenters. The van der Waals surface area contributed by atoms with Gasteiger partial charge in [0, 0.05) is 12.1 Å². The van der Waals surface area contributed by atoms with Crippen LogP contribution >= 0.6 is 23.2 Å². The van der Waals surface area contributed by atoms with Crippen molar-refractivity contribution in [2.45, 2.75) is 0 Å². The Hall–Kier alpha value is -1.46. The zero-order chi connectivity index (χ0) is 13.9. The van der Waals surface area contributed by atoms with Crippen LogP contribution in [0.4, 0.5) is 5.69 Å². The van der Waals surface area contributed by atoms with Gasteiger partial charge in [-0.1, -0.05) is 23.2 Å². The van der Waals surface area contributed by atoms with Gasteiger partial charge in [-0.3, -0.25) is 4.79 Å². The summed E-state index contributed by atoms with van der Waals surface area (Å²) in [5.41, 5.74) is 0.397. The Morgan fingerprint density at radius 3 is 2.50 bits per heavy atom. The molecular formula is C11H11Cl2NO4. The summed E-state index contributed by atoms with van der Waals surface area (Å²) in [4.78, 5) is 23.6. The molecule has 0 aliphatic rings.